The van der Waals surface area contributed by atoms with Crippen molar-refractivity contribution in [2.45, 2.75) is 12.0 Å². The van der Waals surface area contributed by atoms with E-state index < -0.39 is 0 Å². The highest BCUT2D eigenvalue weighted by atomic mass is 16.6. The van der Waals surface area contributed by atoms with Gasteiger partial charge in [0.1, 0.15) is 12.7 Å². The summed E-state index contributed by atoms with van der Waals surface area (Å²) >= 11 is 0. The average Bonchev–Trinajstić information content (AvgIpc) is 3.06. The number of hydrogen-bond acceptors (Lipinski definition) is 3. The second kappa shape index (κ2) is 6.47. The number of carbonyl (C=O) groups is 1. The van der Waals surface area contributed by atoms with E-state index in [9.17, 15) is 4.79 Å². The largest absolute Gasteiger partial charge is 0.486 e. The van der Waals surface area contributed by atoms with Gasteiger partial charge in [0.25, 0.3) is 0 Å². The molecule has 5 rings (SSSR count). The first-order valence-corrected chi connectivity index (χ1v) is 9.15. The van der Waals surface area contributed by atoms with Crippen molar-refractivity contribution in [1.29, 1.82) is 0 Å². The van der Waals surface area contributed by atoms with Gasteiger partial charge in [-0.3, -0.25) is 4.79 Å². The van der Waals surface area contributed by atoms with Crippen LogP contribution in [0.15, 0.2) is 72.8 Å². The van der Waals surface area contributed by atoms with E-state index >= 15 is 0 Å². The highest BCUT2D eigenvalue weighted by molar-refractivity contribution is 5.96. The number of nitrogens with one attached hydrogen (secondary N) is 1. The van der Waals surface area contributed by atoms with Gasteiger partial charge in [-0.15, -0.1) is 0 Å². The summed E-state index contributed by atoms with van der Waals surface area (Å²) in [5.74, 6) is 1.18. The first-order valence-electron chi connectivity index (χ1n) is 9.15. The van der Waals surface area contributed by atoms with E-state index in [0.29, 0.717) is 13.2 Å². The number of ether oxygens (including phenoxy) is 2. The number of benzene rings is 3. The number of fused-ring (bicyclic) bond motifs is 4. The summed E-state index contributed by atoms with van der Waals surface area (Å²) in [5, 5.41) is 3.06. The second-order valence-corrected chi connectivity index (χ2v) is 6.85. The van der Waals surface area contributed by atoms with Gasteiger partial charge in [0, 0.05) is 0 Å². The SMILES string of the molecule is O=C(NCC1COc2ccccc2O1)C1c2ccccc2-c2ccccc21. The van der Waals surface area contributed by atoms with Gasteiger partial charge in [-0.1, -0.05) is 60.7 Å². The molecule has 1 aliphatic heterocycles. The Morgan fingerprint density at radius 1 is 0.852 bits per heavy atom. The lowest BCUT2D eigenvalue weighted by Gasteiger charge is -2.27. The van der Waals surface area contributed by atoms with Crippen LogP contribution in [0.25, 0.3) is 11.1 Å². The molecule has 0 saturated heterocycles. The minimum absolute atomic E-state index is 0.00476. The van der Waals surface area contributed by atoms with Crippen LogP contribution in [0.1, 0.15) is 17.0 Å². The Morgan fingerprint density at radius 2 is 1.44 bits per heavy atom. The van der Waals surface area contributed by atoms with Crippen molar-refractivity contribution in [3.63, 3.8) is 0 Å². The van der Waals surface area contributed by atoms with Crippen molar-refractivity contribution in [2.75, 3.05) is 13.2 Å². The van der Waals surface area contributed by atoms with Gasteiger partial charge in [-0.25, -0.2) is 0 Å². The Morgan fingerprint density at radius 3 is 2.15 bits per heavy atom. The maximum Gasteiger partial charge on any atom is 0.232 e. The Kier molecular flexibility index (Phi) is 3.82. The molecule has 27 heavy (non-hydrogen) atoms. The molecule has 1 heterocycles. The van der Waals surface area contributed by atoms with E-state index in [1.807, 2.05) is 60.7 Å². The van der Waals surface area contributed by atoms with Crippen LogP contribution in [0.4, 0.5) is 0 Å². The first kappa shape index (κ1) is 15.9. The normalized spacial score (nSPS) is 17.1. The van der Waals surface area contributed by atoms with E-state index in [0.717, 1.165) is 33.8 Å². The Hall–Kier alpha value is -3.27. The van der Waals surface area contributed by atoms with Crippen LogP contribution in [0, 0.1) is 0 Å². The van der Waals surface area contributed by atoms with Crippen LogP contribution in [0.3, 0.4) is 0 Å². The molecule has 134 valence electrons. The third-order valence-corrected chi connectivity index (χ3v) is 5.17. The van der Waals surface area contributed by atoms with Crippen molar-refractivity contribution in [3.8, 4) is 22.6 Å². The molecular formula is C23H19NO3. The standard InChI is InChI=1S/C23H19NO3/c25-23(24-13-15-14-26-20-11-5-6-12-21(20)27-15)22-18-9-3-1-7-16(18)17-8-2-4-10-19(17)22/h1-12,15,22H,13-14H2,(H,24,25). The quantitative estimate of drug-likeness (QED) is 0.776. The van der Waals surface area contributed by atoms with Gasteiger partial charge in [-0.05, 0) is 34.4 Å². The molecule has 1 aliphatic carbocycles. The molecule has 4 heteroatoms. The third kappa shape index (κ3) is 2.74. The van der Waals surface area contributed by atoms with Crippen LogP contribution in [0.2, 0.25) is 0 Å². The number of rotatable bonds is 3. The molecule has 0 aromatic heterocycles. The van der Waals surface area contributed by atoms with Crippen molar-refractivity contribution in [2.24, 2.45) is 0 Å². The first-order chi connectivity index (χ1) is 13.3. The monoisotopic (exact) mass is 357 g/mol. The van der Waals surface area contributed by atoms with Crippen LogP contribution in [-0.4, -0.2) is 25.2 Å². The molecule has 3 aromatic carbocycles. The van der Waals surface area contributed by atoms with E-state index in [1.165, 1.54) is 0 Å². The summed E-state index contributed by atoms with van der Waals surface area (Å²) in [6, 6.07) is 23.8. The molecule has 1 amide bonds. The molecule has 1 atom stereocenters. The van der Waals surface area contributed by atoms with Crippen LogP contribution < -0.4 is 14.8 Å². The van der Waals surface area contributed by atoms with E-state index in [-0.39, 0.29) is 17.9 Å². The number of hydrogen-bond donors (Lipinski definition) is 1. The van der Waals surface area contributed by atoms with Crippen molar-refractivity contribution in [1.82, 2.24) is 5.32 Å². The minimum Gasteiger partial charge on any atom is -0.486 e. The summed E-state index contributed by atoms with van der Waals surface area (Å²) in [4.78, 5) is 13.1. The molecule has 0 spiro atoms. The van der Waals surface area contributed by atoms with E-state index in [4.69, 9.17) is 9.47 Å². The molecule has 3 aromatic rings. The molecule has 4 nitrogen and oxygen atoms in total. The zero-order valence-corrected chi connectivity index (χ0v) is 14.7. The number of para-hydroxylation sites is 2. The molecule has 1 N–H and O–H groups in total. The second-order valence-electron chi connectivity index (χ2n) is 6.85. The van der Waals surface area contributed by atoms with Crippen LogP contribution in [-0.2, 0) is 4.79 Å². The van der Waals surface area contributed by atoms with Crippen molar-refractivity contribution in [3.05, 3.63) is 83.9 Å². The fourth-order valence-electron chi connectivity index (χ4n) is 3.92. The van der Waals surface area contributed by atoms with Gasteiger partial charge in [-0.2, -0.15) is 0 Å². The van der Waals surface area contributed by atoms with Gasteiger partial charge >= 0.3 is 0 Å². The summed E-state index contributed by atoms with van der Waals surface area (Å²) in [7, 11) is 0. The molecule has 0 fully saturated rings. The lowest BCUT2D eigenvalue weighted by Crippen LogP contribution is -2.42. The number of amides is 1. The molecule has 1 unspecified atom stereocenters. The molecule has 0 radical (unpaired) electrons. The minimum atomic E-state index is -0.283. The Bertz CT molecular complexity index is 968. The maximum absolute atomic E-state index is 13.1. The Labute approximate surface area is 157 Å². The predicted molar refractivity (Wildman–Crippen MR) is 103 cm³/mol. The third-order valence-electron chi connectivity index (χ3n) is 5.17. The molecule has 0 bridgehead atoms. The topological polar surface area (TPSA) is 47.6 Å². The lowest BCUT2D eigenvalue weighted by molar-refractivity contribution is -0.122. The van der Waals surface area contributed by atoms with Gasteiger partial charge in [0.05, 0.1) is 12.5 Å². The molecule has 0 saturated carbocycles. The van der Waals surface area contributed by atoms with Gasteiger partial charge in [0.15, 0.2) is 11.5 Å². The van der Waals surface area contributed by atoms with Crippen LogP contribution in [0.5, 0.6) is 11.5 Å². The Balaban J connectivity index is 1.34. The fraction of sp³-hybridized carbons (Fsp3) is 0.174. The van der Waals surface area contributed by atoms with Gasteiger partial charge < -0.3 is 14.8 Å². The predicted octanol–water partition coefficient (Wildman–Crippen LogP) is 3.76. The van der Waals surface area contributed by atoms with E-state index in [2.05, 4.69) is 17.4 Å². The summed E-state index contributed by atoms with van der Waals surface area (Å²) in [6.45, 7) is 0.836. The van der Waals surface area contributed by atoms with Crippen molar-refractivity contribution < 1.29 is 14.3 Å². The van der Waals surface area contributed by atoms with Crippen molar-refractivity contribution >= 4 is 5.91 Å². The zero-order valence-electron chi connectivity index (χ0n) is 14.7. The fourth-order valence-corrected chi connectivity index (χ4v) is 3.92. The number of carbonyl (C=O) groups excluding carboxylic acids is 1. The highest BCUT2D eigenvalue weighted by Gasteiger charge is 2.33. The van der Waals surface area contributed by atoms with Crippen LogP contribution >= 0.6 is 0 Å². The zero-order chi connectivity index (χ0) is 18.2. The summed E-state index contributed by atoms with van der Waals surface area (Å²) in [6.07, 6.45) is -0.198. The van der Waals surface area contributed by atoms with Gasteiger partial charge in [0.2, 0.25) is 5.91 Å². The summed E-state index contributed by atoms with van der Waals surface area (Å²) in [5.41, 5.74) is 4.39. The molecule has 2 aliphatic rings. The summed E-state index contributed by atoms with van der Waals surface area (Å²) < 4.78 is 11.7. The van der Waals surface area contributed by atoms with E-state index in [1.54, 1.807) is 0 Å². The lowest BCUT2D eigenvalue weighted by atomic mass is 9.96. The smallest absolute Gasteiger partial charge is 0.232 e. The highest BCUT2D eigenvalue weighted by Crippen LogP contribution is 2.44. The maximum atomic E-state index is 13.1. The molecular weight excluding hydrogens is 338 g/mol. The average molecular weight is 357 g/mol.